The zero-order valence-electron chi connectivity index (χ0n) is 21.1. The Morgan fingerprint density at radius 3 is 2.45 bits per heavy atom. The predicted octanol–water partition coefficient (Wildman–Crippen LogP) is 4.55. The second-order valence-electron chi connectivity index (χ2n) is 9.04. The van der Waals surface area contributed by atoms with Gasteiger partial charge < -0.3 is 15.0 Å². The highest BCUT2D eigenvalue weighted by molar-refractivity contribution is 6.12. The normalized spacial score (nSPS) is 12.7. The Bertz CT molecular complexity index is 1580. The first-order chi connectivity index (χ1) is 19.1. The summed E-state index contributed by atoms with van der Waals surface area (Å²) in [4.78, 5) is 44.1. The van der Waals surface area contributed by atoms with Gasteiger partial charge in [-0.15, -0.1) is 0 Å². The van der Waals surface area contributed by atoms with Gasteiger partial charge in [0.2, 0.25) is 5.91 Å². The lowest BCUT2D eigenvalue weighted by atomic mass is 9.96. The van der Waals surface area contributed by atoms with Gasteiger partial charge in [0.25, 0.3) is 5.91 Å². The summed E-state index contributed by atoms with van der Waals surface area (Å²) in [7, 11) is 1.16. The number of rotatable bonds is 6. The van der Waals surface area contributed by atoms with Gasteiger partial charge in [-0.1, -0.05) is 12.1 Å². The molecular weight excluding hydrogens is 527 g/mol. The van der Waals surface area contributed by atoms with Gasteiger partial charge in [-0.05, 0) is 53.6 Å². The summed E-state index contributed by atoms with van der Waals surface area (Å²) >= 11 is 0. The van der Waals surface area contributed by atoms with Gasteiger partial charge in [0.15, 0.2) is 0 Å². The first-order valence-electron chi connectivity index (χ1n) is 12.1. The maximum absolute atomic E-state index is 13.4. The molecule has 3 heterocycles. The molecule has 0 saturated carbocycles. The van der Waals surface area contributed by atoms with E-state index in [2.05, 4.69) is 15.4 Å². The molecule has 2 aromatic heterocycles. The van der Waals surface area contributed by atoms with E-state index in [1.807, 2.05) is 6.07 Å². The fraction of sp³-hybridized carbons (Fsp3) is 0.179. The minimum absolute atomic E-state index is 0.000519. The number of halogens is 3. The summed E-state index contributed by atoms with van der Waals surface area (Å²) in [6.07, 6.45) is -0.648. The Morgan fingerprint density at radius 1 is 1.00 bits per heavy atom. The molecule has 0 aliphatic carbocycles. The molecule has 0 bridgehead atoms. The number of hydrogen-bond acceptors (Lipinski definition) is 6. The smallest absolute Gasteiger partial charge is 0.417 e. The molecule has 40 heavy (non-hydrogen) atoms. The maximum Gasteiger partial charge on any atom is 0.417 e. The molecule has 0 atom stereocenters. The van der Waals surface area contributed by atoms with Crippen molar-refractivity contribution >= 4 is 23.5 Å². The van der Waals surface area contributed by atoms with E-state index in [9.17, 15) is 27.6 Å². The number of esters is 1. The number of carbonyl (C=O) groups excluding carboxylic acids is 3. The van der Waals surface area contributed by atoms with Crippen LogP contribution in [-0.2, 0) is 35.3 Å². The minimum atomic E-state index is -4.60. The van der Waals surface area contributed by atoms with Crippen LogP contribution in [0.2, 0.25) is 0 Å². The van der Waals surface area contributed by atoms with Gasteiger partial charge in [-0.3, -0.25) is 19.3 Å². The van der Waals surface area contributed by atoms with E-state index in [0.29, 0.717) is 25.0 Å². The first-order valence-corrected chi connectivity index (χ1v) is 12.1. The third kappa shape index (κ3) is 5.41. The topological polar surface area (TPSA) is 106 Å². The Balaban J connectivity index is 1.40. The van der Waals surface area contributed by atoms with Crippen LogP contribution in [0.1, 0.15) is 37.4 Å². The summed E-state index contributed by atoms with van der Waals surface area (Å²) in [5, 5.41) is 6.84. The highest BCUT2D eigenvalue weighted by Gasteiger charge is 2.31. The molecule has 0 unspecified atom stereocenters. The van der Waals surface area contributed by atoms with Gasteiger partial charge in [-0.25, -0.2) is 4.79 Å². The van der Waals surface area contributed by atoms with Gasteiger partial charge in [0.1, 0.15) is 6.54 Å². The van der Waals surface area contributed by atoms with Crippen molar-refractivity contribution in [3.05, 3.63) is 101 Å². The van der Waals surface area contributed by atoms with Crippen LogP contribution >= 0.6 is 0 Å². The van der Waals surface area contributed by atoms with Gasteiger partial charge >= 0.3 is 12.1 Å². The molecule has 9 nitrogen and oxygen atoms in total. The lowest BCUT2D eigenvalue weighted by Crippen LogP contribution is -2.29. The number of methoxy groups -OCH3 is 1. The minimum Gasteiger partial charge on any atom is -0.465 e. The Morgan fingerprint density at radius 2 is 1.77 bits per heavy atom. The molecule has 0 fully saturated rings. The summed E-state index contributed by atoms with van der Waals surface area (Å²) in [5.41, 5.74) is 1.31. The quantitative estimate of drug-likeness (QED) is 0.354. The van der Waals surface area contributed by atoms with Crippen molar-refractivity contribution in [2.45, 2.75) is 25.8 Å². The van der Waals surface area contributed by atoms with Crippen molar-refractivity contribution < 1.29 is 32.3 Å². The van der Waals surface area contributed by atoms with Crippen LogP contribution in [0.4, 0.5) is 18.9 Å². The van der Waals surface area contributed by atoms with Crippen molar-refractivity contribution in [1.29, 1.82) is 0 Å². The molecular formula is C28H22F3N5O4. The van der Waals surface area contributed by atoms with E-state index < -0.39 is 23.6 Å². The molecule has 4 aromatic rings. The fourth-order valence-electron chi connectivity index (χ4n) is 4.49. The molecule has 5 rings (SSSR count). The molecule has 0 spiro atoms. The van der Waals surface area contributed by atoms with E-state index in [1.54, 1.807) is 40.2 Å². The average Bonchev–Trinajstić information content (AvgIpc) is 3.61. The van der Waals surface area contributed by atoms with E-state index in [0.717, 1.165) is 30.4 Å². The number of fused-ring (bicyclic) bond motifs is 1. The first kappa shape index (κ1) is 26.6. The lowest BCUT2D eigenvalue weighted by molar-refractivity contribution is -0.137. The fourth-order valence-corrected chi connectivity index (χ4v) is 4.49. The van der Waals surface area contributed by atoms with Crippen molar-refractivity contribution in [2.75, 3.05) is 12.4 Å². The zero-order valence-corrected chi connectivity index (χ0v) is 21.1. The number of hydrogen-bond donors (Lipinski definition) is 1. The third-order valence-electron chi connectivity index (χ3n) is 6.46. The Hall–Kier alpha value is -5.00. The molecule has 1 aliphatic heterocycles. The summed E-state index contributed by atoms with van der Waals surface area (Å²) < 4.78 is 45.6. The van der Waals surface area contributed by atoms with Crippen LogP contribution in [-0.4, -0.2) is 44.6 Å². The third-order valence-corrected chi connectivity index (χ3v) is 6.46. The second kappa shape index (κ2) is 10.6. The SMILES string of the molecule is COC(=O)c1cccc(C(=O)Nc2ccc3c(c2)CN(C(=O)Cn2cccn2)C3)c1-c1ccc(C(F)(F)F)cn1. The van der Waals surface area contributed by atoms with E-state index in [1.165, 1.54) is 18.2 Å². The molecule has 0 radical (unpaired) electrons. The number of amides is 2. The number of nitrogens with one attached hydrogen (secondary N) is 1. The predicted molar refractivity (Wildman–Crippen MR) is 137 cm³/mol. The second-order valence-corrected chi connectivity index (χ2v) is 9.04. The van der Waals surface area contributed by atoms with E-state index >= 15 is 0 Å². The Kier molecular flexibility index (Phi) is 7.07. The van der Waals surface area contributed by atoms with Crippen LogP contribution in [0.15, 0.2) is 73.2 Å². The van der Waals surface area contributed by atoms with Gasteiger partial charge in [-0.2, -0.15) is 18.3 Å². The number of alkyl halides is 3. The lowest BCUT2D eigenvalue weighted by Gasteiger charge is -2.15. The largest absolute Gasteiger partial charge is 0.465 e. The molecule has 1 N–H and O–H groups in total. The average molecular weight is 550 g/mol. The van der Waals surface area contributed by atoms with Crippen molar-refractivity contribution in [3.8, 4) is 11.3 Å². The number of benzene rings is 2. The molecule has 2 amide bonds. The monoisotopic (exact) mass is 549 g/mol. The van der Waals surface area contributed by atoms with E-state index in [4.69, 9.17) is 4.74 Å². The van der Waals surface area contributed by atoms with Crippen molar-refractivity contribution in [2.24, 2.45) is 0 Å². The van der Waals surface area contributed by atoms with Crippen LogP contribution in [0.25, 0.3) is 11.3 Å². The van der Waals surface area contributed by atoms with Crippen molar-refractivity contribution in [1.82, 2.24) is 19.7 Å². The van der Waals surface area contributed by atoms with Gasteiger partial charge in [0.05, 0.1) is 23.9 Å². The van der Waals surface area contributed by atoms with Crippen molar-refractivity contribution in [3.63, 3.8) is 0 Å². The Labute approximate surface area is 226 Å². The standard InChI is InChI=1S/C28H22F3N5O4/c1-40-27(39)22-5-2-4-21(25(22)23-9-7-19(13-32-23)28(29,30)31)26(38)34-20-8-6-17-14-35(15-18(17)12-20)24(37)16-36-11-3-10-33-36/h2-13H,14-16H2,1H3,(H,34,38). The van der Waals surface area contributed by atoms with Gasteiger partial charge in [0, 0.05) is 48.5 Å². The molecule has 12 heteroatoms. The summed E-state index contributed by atoms with van der Waals surface area (Å²) in [6.45, 7) is 0.897. The number of pyridine rings is 1. The van der Waals surface area contributed by atoms with E-state index in [-0.39, 0.29) is 34.8 Å². The van der Waals surface area contributed by atoms with Crippen LogP contribution < -0.4 is 5.32 Å². The van der Waals surface area contributed by atoms with Crippen LogP contribution in [0, 0.1) is 0 Å². The number of nitrogens with zero attached hydrogens (tertiary/aromatic N) is 4. The molecule has 0 saturated heterocycles. The zero-order chi connectivity index (χ0) is 28.4. The molecule has 2 aromatic carbocycles. The number of aromatic nitrogens is 3. The van der Waals surface area contributed by atoms with Crippen LogP contribution in [0.3, 0.4) is 0 Å². The summed E-state index contributed by atoms with van der Waals surface area (Å²) in [6, 6.07) is 13.3. The highest BCUT2D eigenvalue weighted by Crippen LogP contribution is 2.33. The highest BCUT2D eigenvalue weighted by atomic mass is 19.4. The van der Waals surface area contributed by atoms with Crippen LogP contribution in [0.5, 0.6) is 0 Å². The number of carbonyl (C=O) groups is 3. The number of anilines is 1. The maximum atomic E-state index is 13.4. The number of ether oxygens (including phenoxy) is 1. The summed E-state index contributed by atoms with van der Waals surface area (Å²) in [5.74, 6) is -1.48. The molecule has 204 valence electrons. The molecule has 1 aliphatic rings.